The Kier molecular flexibility index (Phi) is 5.64. The number of ether oxygens (including phenoxy) is 1. The number of nitrogen functional groups attached to an aromatic ring is 1. The molecule has 152 valence electrons. The number of methoxy groups -OCH3 is 1. The minimum atomic E-state index is -0.105. The third-order valence-electron chi connectivity index (χ3n) is 5.22. The zero-order valence-corrected chi connectivity index (χ0v) is 17.2. The highest BCUT2D eigenvalue weighted by Crippen LogP contribution is 2.35. The Morgan fingerprint density at radius 1 is 1.34 bits per heavy atom. The van der Waals surface area contributed by atoms with Crippen molar-refractivity contribution >= 4 is 40.2 Å². The molecule has 3 heterocycles. The maximum Gasteiger partial charge on any atom is 0.227 e. The third-order valence-corrected chi connectivity index (χ3v) is 5.52. The second-order valence-electron chi connectivity index (χ2n) is 7.19. The number of rotatable bonds is 6. The molecular weight excluding hydrogens is 390 g/mol. The molecule has 0 saturated carbocycles. The fraction of sp³-hybridized carbons (Fsp3) is 0.400. The Balaban J connectivity index is 1.78. The van der Waals surface area contributed by atoms with Crippen LogP contribution in [0.4, 0.5) is 17.7 Å². The van der Waals surface area contributed by atoms with Gasteiger partial charge in [0, 0.05) is 24.6 Å². The summed E-state index contributed by atoms with van der Waals surface area (Å²) in [5.41, 5.74) is 7.54. The second-order valence-corrected chi connectivity index (χ2v) is 7.60. The average Bonchev–Trinajstić information content (AvgIpc) is 3.16. The van der Waals surface area contributed by atoms with Gasteiger partial charge in [0.25, 0.3) is 0 Å². The molecule has 8 nitrogen and oxygen atoms in total. The predicted molar refractivity (Wildman–Crippen MR) is 115 cm³/mol. The van der Waals surface area contributed by atoms with Gasteiger partial charge in [0.05, 0.1) is 29.2 Å². The molecule has 0 radical (unpaired) electrons. The number of anilines is 3. The van der Waals surface area contributed by atoms with Crippen molar-refractivity contribution in [1.29, 1.82) is 0 Å². The molecule has 1 saturated heterocycles. The fourth-order valence-corrected chi connectivity index (χ4v) is 4.07. The Bertz CT molecular complexity index is 1020. The molecule has 1 fully saturated rings. The van der Waals surface area contributed by atoms with Crippen LogP contribution in [-0.2, 0) is 4.74 Å². The van der Waals surface area contributed by atoms with Gasteiger partial charge in [-0.1, -0.05) is 23.7 Å². The van der Waals surface area contributed by atoms with Gasteiger partial charge in [-0.05, 0) is 31.9 Å². The van der Waals surface area contributed by atoms with Crippen LogP contribution >= 0.6 is 11.6 Å². The number of nitrogens with one attached hydrogen (secondary N) is 1. The molecule has 1 aliphatic heterocycles. The van der Waals surface area contributed by atoms with Gasteiger partial charge in [0.15, 0.2) is 0 Å². The summed E-state index contributed by atoms with van der Waals surface area (Å²) in [7, 11) is 1.73. The Morgan fingerprint density at radius 2 is 2.21 bits per heavy atom. The first kappa shape index (κ1) is 19.6. The summed E-state index contributed by atoms with van der Waals surface area (Å²) in [6.45, 7) is 3.64. The second kappa shape index (κ2) is 8.34. The number of hydrogen-bond donors (Lipinski definition) is 2. The Hall–Kier alpha value is -2.71. The van der Waals surface area contributed by atoms with Crippen LogP contribution in [0.15, 0.2) is 30.6 Å². The summed E-state index contributed by atoms with van der Waals surface area (Å²) in [5.74, 6) is 1.52. The minimum Gasteiger partial charge on any atom is -0.383 e. The highest BCUT2D eigenvalue weighted by atomic mass is 35.5. The van der Waals surface area contributed by atoms with Crippen LogP contribution < -0.4 is 16.0 Å². The molecule has 1 aromatic carbocycles. The van der Waals surface area contributed by atoms with Gasteiger partial charge < -0.3 is 20.7 Å². The van der Waals surface area contributed by atoms with Crippen molar-refractivity contribution in [1.82, 2.24) is 19.9 Å². The SMILES string of the molecule is COC[C@@H]1CCCN1c1nc2c(Cl)cccc2cc1[C@H](C)Nc1ncnc(N)n1. The maximum absolute atomic E-state index is 6.45. The number of nitrogens with two attached hydrogens (primary N) is 1. The van der Waals surface area contributed by atoms with E-state index in [1.807, 2.05) is 18.2 Å². The molecule has 3 N–H and O–H groups in total. The molecule has 0 amide bonds. The molecular formula is C20H24ClN7O. The highest BCUT2D eigenvalue weighted by Gasteiger charge is 2.29. The largest absolute Gasteiger partial charge is 0.383 e. The van der Waals surface area contributed by atoms with Crippen LogP contribution in [-0.4, -0.2) is 46.2 Å². The highest BCUT2D eigenvalue weighted by molar-refractivity contribution is 6.35. The lowest BCUT2D eigenvalue weighted by molar-refractivity contribution is 0.180. The number of para-hydroxylation sites is 1. The van der Waals surface area contributed by atoms with E-state index in [1.54, 1.807) is 7.11 Å². The van der Waals surface area contributed by atoms with E-state index in [4.69, 9.17) is 27.1 Å². The molecule has 1 aliphatic rings. The first-order chi connectivity index (χ1) is 14.1. The molecule has 0 spiro atoms. The molecule has 0 aliphatic carbocycles. The molecule has 2 aromatic heterocycles. The van der Waals surface area contributed by atoms with Gasteiger partial charge in [-0.25, -0.2) is 15.0 Å². The van der Waals surface area contributed by atoms with E-state index >= 15 is 0 Å². The van der Waals surface area contributed by atoms with E-state index in [2.05, 4.69) is 38.2 Å². The first-order valence-electron chi connectivity index (χ1n) is 9.62. The number of hydrogen-bond acceptors (Lipinski definition) is 8. The summed E-state index contributed by atoms with van der Waals surface area (Å²) in [6, 6.07) is 8.13. The summed E-state index contributed by atoms with van der Waals surface area (Å²) in [4.78, 5) is 19.5. The maximum atomic E-state index is 6.45. The Labute approximate surface area is 174 Å². The number of pyridine rings is 1. The minimum absolute atomic E-state index is 0.105. The fourth-order valence-electron chi connectivity index (χ4n) is 3.85. The molecule has 0 unspecified atom stereocenters. The van der Waals surface area contributed by atoms with Crippen molar-refractivity contribution in [3.8, 4) is 0 Å². The molecule has 4 rings (SSSR count). The van der Waals surface area contributed by atoms with Crippen molar-refractivity contribution < 1.29 is 4.74 Å². The lowest BCUT2D eigenvalue weighted by atomic mass is 10.0. The number of nitrogens with zero attached hydrogens (tertiary/aromatic N) is 5. The predicted octanol–water partition coefficient (Wildman–Crippen LogP) is 3.44. The molecule has 0 bridgehead atoms. The van der Waals surface area contributed by atoms with E-state index in [0.29, 0.717) is 17.6 Å². The zero-order valence-electron chi connectivity index (χ0n) is 16.5. The van der Waals surface area contributed by atoms with Crippen molar-refractivity contribution in [2.24, 2.45) is 0 Å². The standard InChI is InChI=1S/C20H24ClN7O/c1-12(25-20-24-11-23-19(22)27-20)15-9-13-5-3-7-16(21)17(13)26-18(15)28-8-4-6-14(28)10-29-2/h3,5,7,9,11-12,14H,4,6,8,10H2,1-2H3,(H3,22,23,24,25,27)/t12-,14-/m0/s1. The number of halogens is 1. The van der Waals surface area contributed by atoms with E-state index in [1.165, 1.54) is 6.33 Å². The van der Waals surface area contributed by atoms with Crippen LogP contribution in [0.1, 0.15) is 31.4 Å². The number of aromatic nitrogens is 4. The van der Waals surface area contributed by atoms with Crippen molar-refractivity contribution in [2.45, 2.75) is 31.8 Å². The van der Waals surface area contributed by atoms with Gasteiger partial charge in [-0.3, -0.25) is 0 Å². The normalized spacial score (nSPS) is 17.6. The van der Waals surface area contributed by atoms with Crippen molar-refractivity contribution in [3.05, 3.63) is 41.2 Å². The quantitative estimate of drug-likeness (QED) is 0.633. The van der Waals surface area contributed by atoms with Crippen LogP contribution in [0.25, 0.3) is 10.9 Å². The number of benzene rings is 1. The van der Waals surface area contributed by atoms with Crippen LogP contribution in [0.2, 0.25) is 5.02 Å². The van der Waals surface area contributed by atoms with Crippen LogP contribution in [0.3, 0.4) is 0 Å². The summed E-state index contributed by atoms with van der Waals surface area (Å²) in [5, 5.41) is 4.95. The van der Waals surface area contributed by atoms with E-state index < -0.39 is 0 Å². The average molecular weight is 414 g/mol. The van der Waals surface area contributed by atoms with E-state index in [-0.39, 0.29) is 18.0 Å². The monoisotopic (exact) mass is 413 g/mol. The molecule has 2 atom stereocenters. The molecule has 9 heteroatoms. The topological polar surface area (TPSA) is 102 Å². The molecule has 3 aromatic rings. The third kappa shape index (κ3) is 4.04. The lowest BCUT2D eigenvalue weighted by Gasteiger charge is -2.29. The van der Waals surface area contributed by atoms with Gasteiger partial charge in [-0.15, -0.1) is 0 Å². The smallest absolute Gasteiger partial charge is 0.227 e. The lowest BCUT2D eigenvalue weighted by Crippen LogP contribution is -2.34. The van der Waals surface area contributed by atoms with Crippen LogP contribution in [0, 0.1) is 0 Å². The molecule has 29 heavy (non-hydrogen) atoms. The van der Waals surface area contributed by atoms with Crippen molar-refractivity contribution in [2.75, 3.05) is 36.2 Å². The first-order valence-corrected chi connectivity index (χ1v) is 10.0. The summed E-state index contributed by atoms with van der Waals surface area (Å²) in [6.07, 6.45) is 3.56. The van der Waals surface area contributed by atoms with Crippen molar-refractivity contribution in [3.63, 3.8) is 0 Å². The van der Waals surface area contributed by atoms with Gasteiger partial charge in [0.1, 0.15) is 12.1 Å². The zero-order chi connectivity index (χ0) is 20.4. The van der Waals surface area contributed by atoms with E-state index in [9.17, 15) is 0 Å². The van der Waals surface area contributed by atoms with Gasteiger partial charge in [0.2, 0.25) is 11.9 Å². The summed E-state index contributed by atoms with van der Waals surface area (Å²) >= 11 is 6.45. The summed E-state index contributed by atoms with van der Waals surface area (Å²) < 4.78 is 5.45. The van der Waals surface area contributed by atoms with Gasteiger partial charge >= 0.3 is 0 Å². The Morgan fingerprint density at radius 3 is 3.00 bits per heavy atom. The van der Waals surface area contributed by atoms with Gasteiger partial charge in [-0.2, -0.15) is 4.98 Å². The van der Waals surface area contributed by atoms with Crippen LogP contribution in [0.5, 0.6) is 0 Å². The number of fused-ring (bicyclic) bond motifs is 1. The van der Waals surface area contributed by atoms with E-state index in [0.717, 1.165) is 41.7 Å².